The molecule has 102 valence electrons. The first kappa shape index (κ1) is 16.1. The second kappa shape index (κ2) is 7.56. The third-order valence-corrected chi connectivity index (χ3v) is 4.16. The molecule has 0 atom stereocenters. The lowest BCUT2D eigenvalue weighted by atomic mass is 10.2. The van der Waals surface area contributed by atoms with Crippen molar-refractivity contribution >= 4 is 34.8 Å². The molecular formula is C13H19Cl3N2. The minimum Gasteiger partial charge on any atom is -0.311 e. The van der Waals surface area contributed by atoms with E-state index in [1.165, 1.54) is 0 Å². The maximum absolute atomic E-state index is 6.12. The molecule has 0 saturated heterocycles. The van der Waals surface area contributed by atoms with E-state index < -0.39 is 0 Å². The SMILES string of the molecule is CC(C)N(C)CCNCc1c(Cl)ccc(Cl)c1Cl. The van der Waals surface area contributed by atoms with Gasteiger partial charge in [-0.1, -0.05) is 34.8 Å². The second-order valence-electron chi connectivity index (χ2n) is 4.57. The van der Waals surface area contributed by atoms with Gasteiger partial charge in [-0.2, -0.15) is 0 Å². The fraction of sp³-hybridized carbons (Fsp3) is 0.538. The van der Waals surface area contributed by atoms with Crippen molar-refractivity contribution in [2.75, 3.05) is 20.1 Å². The summed E-state index contributed by atoms with van der Waals surface area (Å²) in [7, 11) is 2.10. The summed E-state index contributed by atoms with van der Waals surface area (Å²) in [6, 6.07) is 4.03. The predicted octanol–water partition coefficient (Wildman–Crippen LogP) is 4.08. The van der Waals surface area contributed by atoms with Crippen LogP contribution in [0.25, 0.3) is 0 Å². The van der Waals surface area contributed by atoms with Crippen molar-refractivity contribution in [3.05, 3.63) is 32.8 Å². The highest BCUT2D eigenvalue weighted by molar-refractivity contribution is 6.44. The van der Waals surface area contributed by atoms with Crippen molar-refractivity contribution in [2.45, 2.75) is 26.4 Å². The molecule has 0 fully saturated rings. The van der Waals surface area contributed by atoms with Crippen molar-refractivity contribution in [3.63, 3.8) is 0 Å². The number of rotatable bonds is 6. The van der Waals surface area contributed by atoms with Gasteiger partial charge in [-0.25, -0.2) is 0 Å². The number of hydrogen-bond donors (Lipinski definition) is 1. The van der Waals surface area contributed by atoms with E-state index in [4.69, 9.17) is 34.8 Å². The van der Waals surface area contributed by atoms with Crippen LogP contribution in [0.3, 0.4) is 0 Å². The number of benzene rings is 1. The molecule has 0 aliphatic rings. The van der Waals surface area contributed by atoms with Gasteiger partial charge in [0, 0.05) is 36.3 Å². The molecule has 5 heteroatoms. The molecule has 0 aliphatic carbocycles. The monoisotopic (exact) mass is 308 g/mol. The summed E-state index contributed by atoms with van der Waals surface area (Å²) in [4.78, 5) is 2.27. The molecule has 0 saturated carbocycles. The predicted molar refractivity (Wildman–Crippen MR) is 80.9 cm³/mol. The van der Waals surface area contributed by atoms with Crippen LogP contribution < -0.4 is 5.32 Å². The Morgan fingerprint density at radius 2 is 1.78 bits per heavy atom. The van der Waals surface area contributed by atoms with Crippen LogP contribution in [0.5, 0.6) is 0 Å². The van der Waals surface area contributed by atoms with E-state index >= 15 is 0 Å². The second-order valence-corrected chi connectivity index (χ2v) is 5.77. The van der Waals surface area contributed by atoms with E-state index in [1.54, 1.807) is 12.1 Å². The number of hydrogen-bond acceptors (Lipinski definition) is 2. The topological polar surface area (TPSA) is 15.3 Å². The van der Waals surface area contributed by atoms with Gasteiger partial charge in [-0.05, 0) is 33.0 Å². The van der Waals surface area contributed by atoms with Gasteiger partial charge in [-0.15, -0.1) is 0 Å². The normalized spacial score (nSPS) is 11.6. The average molecular weight is 310 g/mol. The van der Waals surface area contributed by atoms with E-state index in [2.05, 4.69) is 31.1 Å². The molecule has 0 radical (unpaired) electrons. The Bertz CT molecular complexity index is 394. The number of nitrogens with zero attached hydrogens (tertiary/aromatic N) is 1. The Balaban J connectivity index is 2.47. The van der Waals surface area contributed by atoms with Crippen LogP contribution in [0, 0.1) is 0 Å². The van der Waals surface area contributed by atoms with Gasteiger partial charge in [0.1, 0.15) is 0 Å². The van der Waals surface area contributed by atoms with Crippen molar-refractivity contribution in [3.8, 4) is 0 Å². The highest BCUT2D eigenvalue weighted by Gasteiger charge is 2.09. The summed E-state index contributed by atoms with van der Waals surface area (Å²) in [5, 5.41) is 5.05. The number of nitrogens with one attached hydrogen (secondary N) is 1. The summed E-state index contributed by atoms with van der Waals surface area (Å²) in [6.45, 7) is 6.83. The van der Waals surface area contributed by atoms with E-state index in [-0.39, 0.29) is 0 Å². The lowest BCUT2D eigenvalue weighted by Gasteiger charge is -2.21. The lowest BCUT2D eigenvalue weighted by Crippen LogP contribution is -2.33. The molecule has 0 unspecified atom stereocenters. The van der Waals surface area contributed by atoms with Gasteiger partial charge in [0.05, 0.1) is 10.0 Å². The zero-order valence-corrected chi connectivity index (χ0v) is 13.2. The fourth-order valence-corrected chi connectivity index (χ4v) is 2.14. The molecule has 0 bridgehead atoms. The first-order valence-corrected chi connectivity index (χ1v) is 7.10. The van der Waals surface area contributed by atoms with E-state index in [9.17, 15) is 0 Å². The third kappa shape index (κ3) is 4.60. The van der Waals surface area contributed by atoms with E-state index in [1.807, 2.05) is 0 Å². The summed E-state index contributed by atoms with van der Waals surface area (Å²) < 4.78 is 0. The van der Waals surface area contributed by atoms with Crippen molar-refractivity contribution in [2.24, 2.45) is 0 Å². The maximum atomic E-state index is 6.12. The standard InChI is InChI=1S/C13H19Cl3N2/c1-9(2)18(3)7-6-17-8-10-11(14)4-5-12(15)13(10)16/h4-5,9,17H,6-8H2,1-3H3. The van der Waals surface area contributed by atoms with Crippen LogP contribution in [-0.2, 0) is 6.54 Å². The lowest BCUT2D eigenvalue weighted by molar-refractivity contribution is 0.273. The molecule has 1 aromatic rings. The Hall–Kier alpha value is 0.01000. The Morgan fingerprint density at radius 1 is 1.17 bits per heavy atom. The molecule has 18 heavy (non-hydrogen) atoms. The van der Waals surface area contributed by atoms with Crippen LogP contribution in [0.15, 0.2) is 12.1 Å². The van der Waals surface area contributed by atoms with E-state index in [0.29, 0.717) is 27.7 Å². The fourth-order valence-electron chi connectivity index (χ4n) is 1.46. The summed E-state index contributed by atoms with van der Waals surface area (Å²) >= 11 is 18.2. The van der Waals surface area contributed by atoms with Gasteiger partial charge in [0.15, 0.2) is 0 Å². The molecule has 0 aliphatic heterocycles. The van der Waals surface area contributed by atoms with Crippen LogP contribution in [0.1, 0.15) is 19.4 Å². The van der Waals surface area contributed by atoms with Gasteiger partial charge < -0.3 is 10.2 Å². The Labute approximate surface area is 124 Å². The molecule has 0 aromatic heterocycles. The van der Waals surface area contributed by atoms with Crippen molar-refractivity contribution < 1.29 is 0 Å². The molecule has 0 spiro atoms. The Kier molecular flexibility index (Phi) is 6.75. The molecule has 2 nitrogen and oxygen atoms in total. The molecule has 0 amide bonds. The van der Waals surface area contributed by atoms with Crippen LogP contribution >= 0.6 is 34.8 Å². The first-order chi connectivity index (χ1) is 8.43. The first-order valence-electron chi connectivity index (χ1n) is 5.96. The number of likely N-dealkylation sites (N-methyl/N-ethyl adjacent to an activating group) is 1. The van der Waals surface area contributed by atoms with E-state index in [0.717, 1.165) is 18.7 Å². The molecule has 1 rings (SSSR count). The highest BCUT2D eigenvalue weighted by atomic mass is 35.5. The minimum absolute atomic E-state index is 0.536. The summed E-state index contributed by atoms with van der Waals surface area (Å²) in [5.74, 6) is 0. The Morgan fingerprint density at radius 3 is 2.39 bits per heavy atom. The molecule has 0 heterocycles. The molecule has 1 N–H and O–H groups in total. The zero-order chi connectivity index (χ0) is 13.7. The largest absolute Gasteiger partial charge is 0.311 e. The van der Waals surface area contributed by atoms with Gasteiger partial charge in [0.2, 0.25) is 0 Å². The molecular weight excluding hydrogens is 291 g/mol. The highest BCUT2D eigenvalue weighted by Crippen LogP contribution is 2.31. The minimum atomic E-state index is 0.536. The quantitative estimate of drug-likeness (QED) is 0.629. The summed E-state index contributed by atoms with van der Waals surface area (Å²) in [5.41, 5.74) is 0.859. The maximum Gasteiger partial charge on any atom is 0.0652 e. The van der Waals surface area contributed by atoms with Crippen LogP contribution in [0.2, 0.25) is 15.1 Å². The van der Waals surface area contributed by atoms with Crippen molar-refractivity contribution in [1.82, 2.24) is 10.2 Å². The average Bonchev–Trinajstić information content (AvgIpc) is 2.32. The summed E-state index contributed by atoms with van der Waals surface area (Å²) in [6.07, 6.45) is 0. The van der Waals surface area contributed by atoms with Crippen LogP contribution in [-0.4, -0.2) is 31.1 Å². The van der Waals surface area contributed by atoms with Crippen LogP contribution in [0.4, 0.5) is 0 Å². The molecule has 1 aromatic carbocycles. The third-order valence-electron chi connectivity index (χ3n) is 2.96. The van der Waals surface area contributed by atoms with Gasteiger partial charge in [-0.3, -0.25) is 0 Å². The van der Waals surface area contributed by atoms with Gasteiger partial charge >= 0.3 is 0 Å². The zero-order valence-electron chi connectivity index (χ0n) is 10.9. The smallest absolute Gasteiger partial charge is 0.0652 e. The van der Waals surface area contributed by atoms with Crippen molar-refractivity contribution in [1.29, 1.82) is 0 Å². The van der Waals surface area contributed by atoms with Gasteiger partial charge in [0.25, 0.3) is 0 Å². The number of halogens is 3.